The molecule has 0 saturated heterocycles. The molecule has 4 bridgehead atoms. The van der Waals surface area contributed by atoms with E-state index in [0.29, 0.717) is 5.41 Å². The fourth-order valence-corrected chi connectivity index (χ4v) is 13.1. The quantitative estimate of drug-likeness (QED) is 0.156. The van der Waals surface area contributed by atoms with Gasteiger partial charge in [-0.3, -0.25) is 0 Å². The molecule has 0 unspecified atom stereocenters. The van der Waals surface area contributed by atoms with Crippen LogP contribution in [0, 0.1) is 17.8 Å². The zero-order valence-corrected chi connectivity index (χ0v) is 35.0. The Bertz CT molecular complexity index is 2880. The van der Waals surface area contributed by atoms with Crippen LogP contribution in [-0.2, 0) is 10.8 Å². The van der Waals surface area contributed by atoms with Gasteiger partial charge in [-0.1, -0.05) is 147 Å². The van der Waals surface area contributed by atoms with E-state index in [1.54, 1.807) is 5.56 Å². The van der Waals surface area contributed by atoms with E-state index in [1.807, 2.05) is 0 Å². The summed E-state index contributed by atoms with van der Waals surface area (Å²) in [5.41, 5.74) is 18.8. The molecule has 4 fully saturated rings. The fraction of sp³-hybridized carbons (Fsp3) is 0.254. The highest BCUT2D eigenvalue weighted by molar-refractivity contribution is 5.87. The normalized spacial score (nSPS) is 22.8. The van der Waals surface area contributed by atoms with Gasteiger partial charge in [0, 0.05) is 22.5 Å². The lowest BCUT2D eigenvalue weighted by Crippen LogP contribution is -2.48. The van der Waals surface area contributed by atoms with Gasteiger partial charge in [-0.15, -0.1) is 0 Å². The van der Waals surface area contributed by atoms with Crippen molar-refractivity contribution in [1.82, 2.24) is 0 Å². The summed E-state index contributed by atoms with van der Waals surface area (Å²) < 4.78 is 0. The number of hydrogen-bond donors (Lipinski definition) is 0. The number of anilines is 3. The van der Waals surface area contributed by atoms with Crippen molar-refractivity contribution in [2.75, 3.05) is 4.90 Å². The minimum Gasteiger partial charge on any atom is -0.310 e. The van der Waals surface area contributed by atoms with Gasteiger partial charge in [0.25, 0.3) is 0 Å². The van der Waals surface area contributed by atoms with Crippen LogP contribution in [0.25, 0.3) is 45.0 Å². The van der Waals surface area contributed by atoms with Crippen LogP contribution < -0.4 is 15.3 Å². The van der Waals surface area contributed by atoms with E-state index < -0.39 is 0 Å². The predicted octanol–water partition coefficient (Wildman–Crippen LogP) is 14.0. The minimum absolute atomic E-state index is 0.0871. The summed E-state index contributed by atoms with van der Waals surface area (Å²) >= 11 is 0. The molecule has 0 N–H and O–H groups in total. The van der Waals surface area contributed by atoms with Crippen molar-refractivity contribution in [1.29, 1.82) is 0 Å². The molecule has 0 aliphatic heterocycles. The van der Waals surface area contributed by atoms with Crippen molar-refractivity contribution < 1.29 is 0 Å². The summed E-state index contributed by atoms with van der Waals surface area (Å²) in [4.78, 5) is 2.49. The third-order valence-electron chi connectivity index (χ3n) is 15.5. The average molecular weight is 776 g/mol. The van der Waals surface area contributed by atoms with Gasteiger partial charge in [-0.25, -0.2) is 0 Å². The van der Waals surface area contributed by atoms with Crippen molar-refractivity contribution in [2.45, 2.75) is 76.0 Å². The maximum Gasteiger partial charge on any atom is 0.0467 e. The molecule has 0 radical (unpaired) electrons. The predicted molar refractivity (Wildman–Crippen MR) is 251 cm³/mol. The van der Waals surface area contributed by atoms with Gasteiger partial charge in [0.05, 0.1) is 0 Å². The lowest BCUT2D eigenvalue weighted by atomic mass is 9.48. The summed E-state index contributed by atoms with van der Waals surface area (Å²) in [6, 6.07) is 62.3. The largest absolute Gasteiger partial charge is 0.310 e. The molecule has 1 heteroatoms. The number of rotatable bonds is 7. The second kappa shape index (κ2) is 13.8. The Morgan fingerprint density at radius 2 is 1.08 bits per heavy atom. The van der Waals surface area contributed by atoms with E-state index in [9.17, 15) is 0 Å². The zero-order valence-electron chi connectivity index (χ0n) is 35.0. The topological polar surface area (TPSA) is 3.24 Å². The Morgan fingerprint density at radius 1 is 0.467 bits per heavy atom. The van der Waals surface area contributed by atoms with E-state index in [-0.39, 0.29) is 5.41 Å². The third-order valence-corrected chi connectivity index (χ3v) is 15.5. The average Bonchev–Trinajstić information content (AvgIpc) is 3.51. The molecule has 7 aromatic carbocycles. The van der Waals surface area contributed by atoms with Crippen LogP contribution in [0.15, 0.2) is 164 Å². The first-order chi connectivity index (χ1) is 29.4. The maximum atomic E-state index is 2.49. The molecule has 1 nitrogen and oxygen atoms in total. The lowest BCUT2D eigenvalue weighted by Gasteiger charge is -2.57. The molecule has 0 atom stereocenters. The highest BCUT2D eigenvalue weighted by atomic mass is 15.1. The van der Waals surface area contributed by atoms with Crippen LogP contribution in [0.4, 0.5) is 17.1 Å². The van der Waals surface area contributed by atoms with E-state index >= 15 is 0 Å². The minimum atomic E-state index is -0.0871. The summed E-state index contributed by atoms with van der Waals surface area (Å²) in [6.45, 7) is 4.77. The third kappa shape index (κ3) is 5.80. The van der Waals surface area contributed by atoms with Gasteiger partial charge in [-0.2, -0.15) is 0 Å². The molecule has 6 aliphatic carbocycles. The second-order valence-electron chi connectivity index (χ2n) is 19.5. The van der Waals surface area contributed by atoms with E-state index in [2.05, 4.69) is 189 Å². The van der Waals surface area contributed by atoms with Crippen molar-refractivity contribution in [3.8, 4) is 33.4 Å². The highest BCUT2D eigenvalue weighted by Gasteiger charge is 2.51. The first-order valence-corrected chi connectivity index (χ1v) is 22.6. The van der Waals surface area contributed by atoms with Crippen LogP contribution in [0.5, 0.6) is 0 Å². The second-order valence-corrected chi connectivity index (χ2v) is 19.5. The SMILES string of the molecule is CC1(C)c2ccccc2-c2ccc(N(c3ccc(C4=c5c(-c6ccccc6)cccc5=CCC4)cc3)c3cccc(-c4ccc(C56CC7CC(CC(C7)C5)C6)cc4)c3)cc21. The van der Waals surface area contributed by atoms with Gasteiger partial charge < -0.3 is 4.90 Å². The van der Waals surface area contributed by atoms with Gasteiger partial charge >= 0.3 is 0 Å². The van der Waals surface area contributed by atoms with Crippen molar-refractivity contribution in [2.24, 2.45) is 17.8 Å². The lowest BCUT2D eigenvalue weighted by molar-refractivity contribution is -0.00518. The van der Waals surface area contributed by atoms with Crippen LogP contribution >= 0.6 is 0 Å². The summed E-state index contributed by atoms with van der Waals surface area (Å²) in [5, 5.41) is 2.72. The number of benzene rings is 7. The molecule has 4 saturated carbocycles. The van der Waals surface area contributed by atoms with Crippen molar-refractivity contribution in [3.05, 3.63) is 196 Å². The Morgan fingerprint density at radius 3 is 1.85 bits per heavy atom. The van der Waals surface area contributed by atoms with Gasteiger partial charge in [0.1, 0.15) is 0 Å². The molecular weight excluding hydrogens is 723 g/mol. The molecule has 60 heavy (non-hydrogen) atoms. The van der Waals surface area contributed by atoms with Crippen molar-refractivity contribution >= 4 is 28.7 Å². The van der Waals surface area contributed by atoms with Crippen molar-refractivity contribution in [3.63, 3.8) is 0 Å². The highest BCUT2D eigenvalue weighted by Crippen LogP contribution is 2.61. The number of hydrogen-bond acceptors (Lipinski definition) is 1. The monoisotopic (exact) mass is 775 g/mol. The Balaban J connectivity index is 0.953. The molecule has 0 heterocycles. The van der Waals surface area contributed by atoms with Gasteiger partial charge in [-0.05, 0) is 183 Å². The van der Waals surface area contributed by atoms with Crippen LogP contribution in [0.3, 0.4) is 0 Å². The summed E-state index contributed by atoms with van der Waals surface area (Å²) in [7, 11) is 0. The molecular formula is C59H53N. The van der Waals surface area contributed by atoms with E-state index in [0.717, 1.165) is 30.6 Å². The molecule has 7 aromatic rings. The molecule has 0 aromatic heterocycles. The standard InChI is InChI=1S/C59H53N/c1-58(2)55-20-7-6-17-53(55)54-30-29-50(35-56(54)58)60(48-27-23-44(24-28-48)52-19-10-14-45-13-9-18-51(57(45)52)43-11-4-3-5-12-43)49-16-8-15-46(34-49)42-21-25-47(26-22-42)59-36-39-31-40(37-59)33-41(32-39)38-59/h3-9,11-18,20-30,34-35,39-41H,10,19,31-33,36-38H2,1-2H3. The molecule has 294 valence electrons. The maximum absolute atomic E-state index is 2.49. The first kappa shape index (κ1) is 36.0. The van der Waals surface area contributed by atoms with Crippen LogP contribution in [-0.4, -0.2) is 0 Å². The summed E-state index contributed by atoms with van der Waals surface area (Å²) in [5.74, 6) is 2.86. The zero-order chi connectivity index (χ0) is 40.0. The Kier molecular flexibility index (Phi) is 8.28. The van der Waals surface area contributed by atoms with Gasteiger partial charge in [0.2, 0.25) is 0 Å². The molecule has 6 aliphatic rings. The van der Waals surface area contributed by atoms with E-state index in [1.165, 1.54) is 122 Å². The fourth-order valence-electron chi connectivity index (χ4n) is 13.1. The first-order valence-electron chi connectivity index (χ1n) is 22.6. The smallest absolute Gasteiger partial charge is 0.0467 e. The number of fused-ring (bicyclic) bond motifs is 4. The summed E-state index contributed by atoms with van der Waals surface area (Å²) in [6.07, 6.45) is 13.2. The Hall–Kier alpha value is -5.92. The molecule has 13 rings (SSSR count). The number of nitrogens with zero attached hydrogens (tertiary/aromatic N) is 1. The molecule has 0 amide bonds. The van der Waals surface area contributed by atoms with Crippen LogP contribution in [0.1, 0.15) is 87.5 Å². The molecule has 0 spiro atoms. The van der Waals surface area contributed by atoms with Crippen LogP contribution in [0.2, 0.25) is 0 Å². The Labute approximate surface area is 355 Å². The van der Waals surface area contributed by atoms with Gasteiger partial charge in [0.15, 0.2) is 0 Å². The van der Waals surface area contributed by atoms with E-state index in [4.69, 9.17) is 0 Å².